The number of amides is 2. The molecule has 0 saturated carbocycles. The molecule has 2 rings (SSSR count). The van der Waals surface area contributed by atoms with Crippen molar-refractivity contribution in [1.82, 2.24) is 4.90 Å². The molecule has 0 saturated heterocycles. The predicted molar refractivity (Wildman–Crippen MR) is 124 cm³/mol. The van der Waals surface area contributed by atoms with Crippen molar-refractivity contribution in [3.8, 4) is 0 Å². The van der Waals surface area contributed by atoms with Crippen molar-refractivity contribution in [1.29, 1.82) is 0 Å². The Morgan fingerprint density at radius 2 is 1.68 bits per heavy atom. The summed E-state index contributed by atoms with van der Waals surface area (Å²) in [6, 6.07) is 12.6. The Morgan fingerprint density at radius 1 is 1.03 bits per heavy atom. The molecular formula is C23H23Cl2F3N2O4. The number of halogens is 5. The Kier molecular flexibility index (Phi) is 9.35. The number of para-hydroxylation sites is 1. The Balaban J connectivity index is 2.61. The summed E-state index contributed by atoms with van der Waals surface area (Å²) in [5.74, 6) is -1.19. The predicted octanol–water partition coefficient (Wildman–Crippen LogP) is 5.81. The van der Waals surface area contributed by atoms with Crippen LogP contribution >= 0.6 is 23.2 Å². The van der Waals surface area contributed by atoms with E-state index in [1.807, 2.05) is 0 Å². The number of anilines is 1. The molecule has 0 bridgehead atoms. The van der Waals surface area contributed by atoms with E-state index < -0.39 is 30.0 Å². The molecular weight excluding hydrogens is 496 g/mol. The van der Waals surface area contributed by atoms with Gasteiger partial charge in [-0.3, -0.25) is 9.69 Å². The molecule has 0 heterocycles. The number of nitrogens with zero attached hydrogens (tertiary/aromatic N) is 2. The second-order valence-corrected chi connectivity index (χ2v) is 8.67. The maximum Gasteiger partial charge on any atom is 0.411 e. The van der Waals surface area contributed by atoms with Gasteiger partial charge in [-0.15, -0.1) is 0 Å². The second kappa shape index (κ2) is 11.6. The first kappa shape index (κ1) is 27.5. The minimum atomic E-state index is -4.71. The van der Waals surface area contributed by atoms with Gasteiger partial charge >= 0.3 is 12.3 Å². The van der Waals surface area contributed by atoms with Crippen LogP contribution in [-0.2, 0) is 15.0 Å². The van der Waals surface area contributed by atoms with E-state index in [0.717, 1.165) is 9.80 Å². The molecule has 0 radical (unpaired) electrons. The van der Waals surface area contributed by atoms with E-state index in [4.69, 9.17) is 23.2 Å². The van der Waals surface area contributed by atoms with Crippen LogP contribution in [0.1, 0.15) is 24.8 Å². The number of likely N-dealkylation sites (N-methyl/N-ethyl adjacent to an activating group) is 1. The van der Waals surface area contributed by atoms with Crippen LogP contribution in [0.15, 0.2) is 48.5 Å². The number of carbonyl (C=O) groups is 3. The highest BCUT2D eigenvalue weighted by Crippen LogP contribution is 2.37. The first-order chi connectivity index (χ1) is 15.9. The van der Waals surface area contributed by atoms with E-state index in [9.17, 15) is 32.7 Å². The van der Waals surface area contributed by atoms with E-state index >= 15 is 0 Å². The van der Waals surface area contributed by atoms with Gasteiger partial charge in [-0.05, 0) is 36.2 Å². The summed E-state index contributed by atoms with van der Waals surface area (Å²) in [5.41, 5.74) is -0.535. The van der Waals surface area contributed by atoms with Gasteiger partial charge in [0.25, 0.3) is 0 Å². The van der Waals surface area contributed by atoms with E-state index in [1.165, 1.54) is 19.2 Å². The quantitative estimate of drug-likeness (QED) is 0.403. The van der Waals surface area contributed by atoms with Crippen LogP contribution in [-0.4, -0.2) is 54.6 Å². The molecule has 0 aromatic heterocycles. The highest BCUT2D eigenvalue weighted by Gasteiger charge is 2.40. The third-order valence-corrected chi connectivity index (χ3v) is 6.09. The molecule has 2 aromatic rings. The number of rotatable bonds is 10. The smallest absolute Gasteiger partial charge is 0.411 e. The average Bonchev–Trinajstić information content (AvgIpc) is 2.76. The van der Waals surface area contributed by atoms with Gasteiger partial charge in [0.05, 0.1) is 10.0 Å². The SMILES string of the molecule is CN(C[C@@](CCC=O)(CN(C(=O)O)c1ccccc1)c1ccc(Cl)c(Cl)c1)C(=O)CC(F)(F)F. The lowest BCUT2D eigenvalue weighted by molar-refractivity contribution is -0.161. The summed E-state index contributed by atoms with van der Waals surface area (Å²) < 4.78 is 38.5. The van der Waals surface area contributed by atoms with E-state index in [2.05, 4.69) is 0 Å². The van der Waals surface area contributed by atoms with Crippen LogP contribution in [0, 0.1) is 0 Å². The lowest BCUT2D eigenvalue weighted by atomic mass is 9.75. The standard InChI is InChI=1S/C23H23Cl2F3N2O4/c1-29(20(32)13-23(26,27)28)14-22(10-5-11-31,16-8-9-18(24)19(25)12-16)15-30(21(33)34)17-6-3-2-4-7-17/h2-4,6-9,11-12H,5,10,13-15H2,1H3,(H,33,34)/t22-/m0/s1. The number of carboxylic acid groups (broad SMARTS) is 1. The molecule has 2 amide bonds. The fourth-order valence-corrected chi connectivity index (χ4v) is 4.02. The molecule has 0 spiro atoms. The Hall–Kier alpha value is -2.78. The fraction of sp³-hybridized carbons (Fsp3) is 0.348. The van der Waals surface area contributed by atoms with Crippen molar-refractivity contribution in [3.05, 3.63) is 64.1 Å². The van der Waals surface area contributed by atoms with Crippen molar-refractivity contribution in [2.45, 2.75) is 30.9 Å². The molecule has 0 aliphatic heterocycles. The van der Waals surface area contributed by atoms with Crippen molar-refractivity contribution in [2.75, 3.05) is 25.0 Å². The van der Waals surface area contributed by atoms with Gasteiger partial charge in [0.15, 0.2) is 0 Å². The zero-order chi connectivity index (χ0) is 25.5. The lowest BCUT2D eigenvalue weighted by Gasteiger charge is -2.40. The minimum absolute atomic E-state index is 0.0364. The Labute approximate surface area is 204 Å². The zero-order valence-corrected chi connectivity index (χ0v) is 19.7. The third-order valence-electron chi connectivity index (χ3n) is 5.35. The van der Waals surface area contributed by atoms with E-state index in [0.29, 0.717) is 17.5 Å². The second-order valence-electron chi connectivity index (χ2n) is 7.86. The number of carbonyl (C=O) groups excluding carboxylic acids is 2. The summed E-state index contributed by atoms with van der Waals surface area (Å²) in [6.07, 6.45) is -7.07. The highest BCUT2D eigenvalue weighted by atomic mass is 35.5. The molecule has 1 N–H and O–H groups in total. The summed E-state index contributed by atoms with van der Waals surface area (Å²) in [6.45, 7) is -0.563. The summed E-state index contributed by atoms with van der Waals surface area (Å²) in [5, 5.41) is 10.3. The topological polar surface area (TPSA) is 77.9 Å². The van der Waals surface area contributed by atoms with Crippen LogP contribution in [0.5, 0.6) is 0 Å². The van der Waals surface area contributed by atoms with Gasteiger partial charge in [-0.2, -0.15) is 13.2 Å². The zero-order valence-electron chi connectivity index (χ0n) is 18.2. The molecule has 6 nitrogen and oxygen atoms in total. The Bertz CT molecular complexity index is 1020. The molecule has 1 atom stereocenters. The molecule has 2 aromatic carbocycles. The van der Waals surface area contributed by atoms with Gasteiger partial charge in [0, 0.05) is 37.7 Å². The number of hydrogen-bond donors (Lipinski definition) is 1. The maximum atomic E-state index is 12.8. The van der Waals surface area contributed by atoms with Crippen LogP contribution in [0.4, 0.5) is 23.7 Å². The average molecular weight is 519 g/mol. The fourth-order valence-electron chi connectivity index (χ4n) is 3.72. The molecule has 34 heavy (non-hydrogen) atoms. The van der Waals surface area contributed by atoms with Gasteiger partial charge < -0.3 is 14.8 Å². The van der Waals surface area contributed by atoms with Crippen molar-refractivity contribution >= 4 is 47.2 Å². The van der Waals surface area contributed by atoms with Crippen LogP contribution in [0.3, 0.4) is 0 Å². The molecule has 184 valence electrons. The summed E-state index contributed by atoms with van der Waals surface area (Å²) in [7, 11) is 1.20. The minimum Gasteiger partial charge on any atom is -0.465 e. The molecule has 0 aliphatic carbocycles. The molecule has 0 fully saturated rings. The first-order valence-corrected chi connectivity index (χ1v) is 10.9. The van der Waals surface area contributed by atoms with Crippen molar-refractivity contribution in [2.24, 2.45) is 0 Å². The number of hydrogen-bond acceptors (Lipinski definition) is 3. The van der Waals surface area contributed by atoms with Crippen LogP contribution < -0.4 is 4.90 Å². The highest BCUT2D eigenvalue weighted by molar-refractivity contribution is 6.42. The van der Waals surface area contributed by atoms with E-state index in [-0.39, 0.29) is 36.0 Å². The van der Waals surface area contributed by atoms with Crippen molar-refractivity contribution in [3.63, 3.8) is 0 Å². The Morgan fingerprint density at radius 3 is 2.21 bits per heavy atom. The molecule has 0 aliphatic rings. The van der Waals surface area contributed by atoms with Crippen molar-refractivity contribution < 1.29 is 32.7 Å². The number of benzene rings is 2. The van der Waals surface area contributed by atoms with Crippen LogP contribution in [0.2, 0.25) is 10.0 Å². The molecule has 0 unspecified atom stereocenters. The normalized spacial score (nSPS) is 13.1. The van der Waals surface area contributed by atoms with Gasteiger partial charge in [-0.25, -0.2) is 4.79 Å². The monoisotopic (exact) mass is 518 g/mol. The summed E-state index contributed by atoms with van der Waals surface area (Å²) >= 11 is 12.2. The van der Waals surface area contributed by atoms with Gasteiger partial charge in [-0.1, -0.05) is 47.5 Å². The summed E-state index contributed by atoms with van der Waals surface area (Å²) in [4.78, 5) is 37.7. The first-order valence-electron chi connectivity index (χ1n) is 10.1. The van der Waals surface area contributed by atoms with Gasteiger partial charge in [0.1, 0.15) is 12.7 Å². The maximum absolute atomic E-state index is 12.8. The lowest BCUT2D eigenvalue weighted by Crippen LogP contribution is -2.51. The van der Waals surface area contributed by atoms with E-state index in [1.54, 1.807) is 36.4 Å². The largest absolute Gasteiger partial charge is 0.465 e. The van der Waals surface area contributed by atoms with Gasteiger partial charge in [0.2, 0.25) is 5.91 Å². The third kappa shape index (κ3) is 7.36. The van der Waals surface area contributed by atoms with Crippen LogP contribution in [0.25, 0.3) is 0 Å². The number of aldehydes is 1. The molecule has 11 heteroatoms. The number of alkyl halides is 3.